The molecule has 24 heavy (non-hydrogen) atoms. The third kappa shape index (κ3) is 2.50. The predicted molar refractivity (Wildman–Crippen MR) is 97.5 cm³/mol. The van der Waals surface area contributed by atoms with E-state index < -0.39 is 0 Å². The van der Waals surface area contributed by atoms with E-state index in [-0.39, 0.29) is 11.7 Å². The summed E-state index contributed by atoms with van der Waals surface area (Å²) in [5.41, 5.74) is 3.11. The van der Waals surface area contributed by atoms with Gasteiger partial charge in [0.25, 0.3) is 0 Å². The van der Waals surface area contributed by atoms with Crippen LogP contribution in [0.15, 0.2) is 67.2 Å². The van der Waals surface area contributed by atoms with Crippen molar-refractivity contribution in [2.45, 2.75) is 6.42 Å². The van der Waals surface area contributed by atoms with Crippen LogP contribution in [0, 0.1) is 5.92 Å². The molecule has 3 aromatic rings. The lowest BCUT2D eigenvalue weighted by atomic mass is 9.81. The van der Waals surface area contributed by atoms with Gasteiger partial charge in [0, 0.05) is 5.56 Å². The average molecular weight is 314 g/mol. The van der Waals surface area contributed by atoms with Gasteiger partial charge in [-0.15, -0.1) is 0 Å². The molecule has 0 bridgehead atoms. The molecule has 0 N–H and O–H groups in total. The number of ketones is 1. The van der Waals surface area contributed by atoms with E-state index in [1.165, 1.54) is 5.56 Å². The Morgan fingerprint density at radius 1 is 1.04 bits per heavy atom. The molecule has 0 spiro atoms. The lowest BCUT2D eigenvalue weighted by Gasteiger charge is -2.24. The van der Waals surface area contributed by atoms with Crippen LogP contribution >= 0.6 is 0 Å². The molecule has 2 nitrogen and oxygen atoms in total. The fourth-order valence-corrected chi connectivity index (χ4v) is 3.40. The SMILES string of the molecule is C=Cc1ccc(OCC2Cc3cccc4cccc(c34)C2=O)cc1. The molecule has 0 saturated carbocycles. The molecule has 0 fully saturated rings. The molecule has 4 rings (SSSR count). The topological polar surface area (TPSA) is 26.3 Å². The first-order valence-corrected chi connectivity index (χ1v) is 8.16. The maximum absolute atomic E-state index is 12.8. The largest absolute Gasteiger partial charge is 0.493 e. The van der Waals surface area contributed by atoms with Crippen LogP contribution in [-0.4, -0.2) is 12.4 Å². The number of ether oxygens (including phenoxy) is 1. The van der Waals surface area contributed by atoms with Crippen LogP contribution in [0.4, 0.5) is 0 Å². The number of hydrogen-bond acceptors (Lipinski definition) is 2. The van der Waals surface area contributed by atoms with Crippen molar-refractivity contribution in [2.24, 2.45) is 5.92 Å². The van der Waals surface area contributed by atoms with Crippen molar-refractivity contribution in [3.8, 4) is 5.75 Å². The van der Waals surface area contributed by atoms with Gasteiger partial charge >= 0.3 is 0 Å². The van der Waals surface area contributed by atoms with Crippen LogP contribution in [0.3, 0.4) is 0 Å². The first kappa shape index (κ1) is 14.7. The maximum Gasteiger partial charge on any atom is 0.170 e. The van der Waals surface area contributed by atoms with Crippen molar-refractivity contribution >= 4 is 22.6 Å². The Kier molecular flexibility index (Phi) is 3.66. The van der Waals surface area contributed by atoms with Gasteiger partial charge in [-0.1, -0.05) is 61.2 Å². The number of benzene rings is 3. The summed E-state index contributed by atoms with van der Waals surface area (Å²) in [6, 6.07) is 19.9. The Bertz CT molecular complexity index is 917. The van der Waals surface area contributed by atoms with E-state index in [1.54, 1.807) is 6.08 Å². The average Bonchev–Trinajstić information content (AvgIpc) is 2.64. The second kappa shape index (κ2) is 5.97. The van der Waals surface area contributed by atoms with E-state index in [9.17, 15) is 4.79 Å². The van der Waals surface area contributed by atoms with Crippen LogP contribution in [0.25, 0.3) is 16.8 Å². The standard InChI is InChI=1S/C22H18O2/c1-2-15-9-11-19(12-10-15)24-14-18-13-17-7-3-5-16-6-4-8-20(21(16)17)22(18)23/h2-12,18H,1,13-14H2. The highest BCUT2D eigenvalue weighted by molar-refractivity contribution is 6.12. The fraction of sp³-hybridized carbons (Fsp3) is 0.136. The van der Waals surface area contributed by atoms with Gasteiger partial charge in [0.1, 0.15) is 5.75 Å². The Hall–Kier alpha value is -2.87. The molecule has 0 saturated heterocycles. The van der Waals surface area contributed by atoms with Crippen molar-refractivity contribution in [1.82, 2.24) is 0 Å². The minimum atomic E-state index is -0.135. The summed E-state index contributed by atoms with van der Waals surface area (Å²) in [4.78, 5) is 12.8. The maximum atomic E-state index is 12.8. The highest BCUT2D eigenvalue weighted by Gasteiger charge is 2.28. The zero-order valence-corrected chi connectivity index (χ0v) is 13.4. The summed E-state index contributed by atoms with van der Waals surface area (Å²) in [7, 11) is 0. The summed E-state index contributed by atoms with van der Waals surface area (Å²) >= 11 is 0. The van der Waals surface area contributed by atoms with Crippen molar-refractivity contribution in [3.63, 3.8) is 0 Å². The van der Waals surface area contributed by atoms with Crippen molar-refractivity contribution < 1.29 is 9.53 Å². The smallest absolute Gasteiger partial charge is 0.170 e. The second-order valence-corrected chi connectivity index (χ2v) is 6.17. The highest BCUT2D eigenvalue weighted by atomic mass is 16.5. The zero-order valence-electron chi connectivity index (χ0n) is 13.4. The van der Waals surface area contributed by atoms with Crippen molar-refractivity contribution in [3.05, 3.63) is 83.9 Å². The second-order valence-electron chi connectivity index (χ2n) is 6.17. The van der Waals surface area contributed by atoms with Crippen molar-refractivity contribution in [1.29, 1.82) is 0 Å². The van der Waals surface area contributed by atoms with E-state index in [1.807, 2.05) is 36.4 Å². The van der Waals surface area contributed by atoms with Gasteiger partial charge in [-0.3, -0.25) is 4.79 Å². The van der Waals surface area contributed by atoms with E-state index in [0.29, 0.717) is 6.61 Å². The highest BCUT2D eigenvalue weighted by Crippen LogP contribution is 2.32. The van der Waals surface area contributed by atoms with Crippen LogP contribution in [-0.2, 0) is 6.42 Å². The van der Waals surface area contributed by atoms with Crippen LogP contribution < -0.4 is 4.74 Å². The van der Waals surface area contributed by atoms with Gasteiger partial charge in [-0.05, 0) is 40.5 Å². The van der Waals surface area contributed by atoms with Crippen LogP contribution in [0.1, 0.15) is 21.5 Å². The number of carbonyl (C=O) groups excluding carboxylic acids is 1. The Morgan fingerprint density at radius 2 is 1.79 bits per heavy atom. The Balaban J connectivity index is 1.57. The third-order valence-electron chi connectivity index (χ3n) is 4.66. The van der Waals surface area contributed by atoms with Crippen LogP contribution in [0.2, 0.25) is 0 Å². The molecule has 118 valence electrons. The summed E-state index contributed by atoms with van der Waals surface area (Å²) < 4.78 is 5.87. The van der Waals surface area contributed by atoms with E-state index >= 15 is 0 Å². The number of Topliss-reactive ketones (excluding diaryl/α,β-unsaturated/α-hetero) is 1. The molecule has 0 aromatic heterocycles. The van der Waals surface area contributed by atoms with Crippen LogP contribution in [0.5, 0.6) is 5.75 Å². The molecule has 3 aromatic carbocycles. The molecule has 0 aliphatic heterocycles. The molecule has 2 heteroatoms. The molecule has 1 unspecified atom stereocenters. The minimum absolute atomic E-state index is 0.135. The van der Waals surface area contributed by atoms with Gasteiger partial charge in [-0.25, -0.2) is 0 Å². The molecular formula is C22H18O2. The molecular weight excluding hydrogens is 296 g/mol. The van der Waals surface area contributed by atoms with Gasteiger partial charge in [0.15, 0.2) is 5.78 Å². The summed E-state index contributed by atoms with van der Waals surface area (Å²) in [6.07, 6.45) is 2.53. The molecule has 0 radical (unpaired) electrons. The summed E-state index contributed by atoms with van der Waals surface area (Å²) in [5, 5.41) is 2.24. The van der Waals surface area contributed by atoms with Gasteiger partial charge in [0.2, 0.25) is 0 Å². The normalized spacial score (nSPS) is 16.2. The van der Waals surface area contributed by atoms with Gasteiger partial charge in [0.05, 0.1) is 12.5 Å². The number of rotatable bonds is 4. The quantitative estimate of drug-likeness (QED) is 0.683. The lowest BCUT2D eigenvalue weighted by Crippen LogP contribution is -2.28. The molecule has 0 heterocycles. The number of carbonyl (C=O) groups is 1. The first-order chi connectivity index (χ1) is 11.8. The lowest BCUT2D eigenvalue weighted by molar-refractivity contribution is 0.0870. The Labute approximate surface area is 141 Å². The monoisotopic (exact) mass is 314 g/mol. The first-order valence-electron chi connectivity index (χ1n) is 8.16. The Morgan fingerprint density at radius 3 is 2.54 bits per heavy atom. The molecule has 1 atom stereocenters. The zero-order chi connectivity index (χ0) is 16.5. The third-order valence-corrected chi connectivity index (χ3v) is 4.66. The fourth-order valence-electron chi connectivity index (χ4n) is 3.40. The van der Waals surface area contributed by atoms with E-state index in [0.717, 1.165) is 34.1 Å². The summed E-state index contributed by atoms with van der Waals surface area (Å²) in [6.45, 7) is 4.14. The van der Waals surface area contributed by atoms with E-state index in [2.05, 4.69) is 30.8 Å². The molecule has 1 aliphatic carbocycles. The summed E-state index contributed by atoms with van der Waals surface area (Å²) in [5.74, 6) is 0.831. The predicted octanol–water partition coefficient (Wildman–Crippen LogP) is 4.92. The minimum Gasteiger partial charge on any atom is -0.493 e. The molecule has 1 aliphatic rings. The molecule has 0 amide bonds. The van der Waals surface area contributed by atoms with Gasteiger partial charge < -0.3 is 4.74 Å². The number of hydrogen-bond donors (Lipinski definition) is 0. The van der Waals surface area contributed by atoms with Crippen molar-refractivity contribution in [2.75, 3.05) is 6.61 Å². The van der Waals surface area contributed by atoms with Gasteiger partial charge in [-0.2, -0.15) is 0 Å². The van der Waals surface area contributed by atoms with E-state index in [4.69, 9.17) is 4.74 Å².